The van der Waals surface area contributed by atoms with Crippen LogP contribution in [-0.4, -0.2) is 55.9 Å². The van der Waals surface area contributed by atoms with Gasteiger partial charge < -0.3 is 25.1 Å². The summed E-state index contributed by atoms with van der Waals surface area (Å²) in [7, 11) is 0. The molecule has 4 rings (SSSR count). The van der Waals surface area contributed by atoms with Crippen molar-refractivity contribution in [3.8, 4) is 0 Å². The summed E-state index contributed by atoms with van der Waals surface area (Å²) in [6.07, 6.45) is 3.77. The highest BCUT2D eigenvalue weighted by Crippen LogP contribution is 2.37. The Morgan fingerprint density at radius 1 is 0.881 bits per heavy atom. The van der Waals surface area contributed by atoms with E-state index in [-0.39, 0.29) is 6.54 Å². The highest BCUT2D eigenvalue weighted by atomic mass is 16.6. The van der Waals surface area contributed by atoms with E-state index in [9.17, 15) is 34.5 Å². The molecule has 10 heteroatoms. The molecule has 0 saturated heterocycles. The van der Waals surface area contributed by atoms with Crippen molar-refractivity contribution in [3.05, 3.63) is 105 Å². The maximum atomic E-state index is 14.3. The van der Waals surface area contributed by atoms with E-state index in [1.165, 1.54) is 4.90 Å². The molecule has 3 aromatic carbocycles. The molecule has 42 heavy (non-hydrogen) atoms. The topological polar surface area (TPSA) is 154 Å². The van der Waals surface area contributed by atoms with Gasteiger partial charge in [-0.2, -0.15) is 0 Å². The zero-order valence-electron chi connectivity index (χ0n) is 23.5. The number of aromatic carboxylic acids is 3. The van der Waals surface area contributed by atoms with Crippen LogP contribution in [0.3, 0.4) is 0 Å². The average molecular weight is 573 g/mol. The normalized spacial score (nSPS) is 14.7. The summed E-state index contributed by atoms with van der Waals surface area (Å²) in [5.74, 6) is -5.46. The van der Waals surface area contributed by atoms with Crippen LogP contribution < -0.4 is 0 Å². The molecule has 0 saturated carbocycles. The number of rotatable bonds is 9. The SMILES string of the molecule is CC(C)(C)O/N=C/c1cccc(CN(C(=O)c2cc(C(=O)O)c(C(=O)O)cc2C(=O)O)[C@H]2CCCc3ccccc32)c1. The summed E-state index contributed by atoms with van der Waals surface area (Å²) in [5.41, 5.74) is 0.595. The summed E-state index contributed by atoms with van der Waals surface area (Å²) in [4.78, 5) is 57.1. The van der Waals surface area contributed by atoms with Gasteiger partial charge in [0, 0.05) is 6.54 Å². The van der Waals surface area contributed by atoms with Gasteiger partial charge in [-0.1, -0.05) is 47.6 Å². The minimum atomic E-state index is -1.61. The quantitative estimate of drug-likeness (QED) is 0.220. The number of oxime groups is 1. The van der Waals surface area contributed by atoms with E-state index in [1.54, 1.807) is 12.3 Å². The number of aryl methyl sites for hydroxylation is 1. The van der Waals surface area contributed by atoms with Gasteiger partial charge in [-0.05, 0) is 80.5 Å². The van der Waals surface area contributed by atoms with Crippen molar-refractivity contribution in [1.29, 1.82) is 0 Å². The fourth-order valence-corrected chi connectivity index (χ4v) is 5.05. The Kier molecular flexibility index (Phi) is 8.75. The van der Waals surface area contributed by atoms with Crippen LogP contribution in [0, 0.1) is 0 Å². The predicted octanol–water partition coefficient (Wildman–Crippen LogP) is 5.65. The van der Waals surface area contributed by atoms with E-state index in [1.807, 2.05) is 63.2 Å². The average Bonchev–Trinajstić information content (AvgIpc) is 2.94. The number of amides is 1. The first kappa shape index (κ1) is 30.0. The van der Waals surface area contributed by atoms with E-state index in [0.29, 0.717) is 6.42 Å². The molecule has 0 fully saturated rings. The van der Waals surface area contributed by atoms with E-state index < -0.39 is 57.7 Å². The van der Waals surface area contributed by atoms with Crippen LogP contribution in [0.5, 0.6) is 0 Å². The lowest BCUT2D eigenvalue weighted by Crippen LogP contribution is -2.37. The van der Waals surface area contributed by atoms with Gasteiger partial charge >= 0.3 is 17.9 Å². The molecule has 0 radical (unpaired) electrons. The zero-order valence-corrected chi connectivity index (χ0v) is 23.5. The summed E-state index contributed by atoms with van der Waals surface area (Å²) in [5, 5.41) is 33.2. The second-order valence-corrected chi connectivity index (χ2v) is 11.1. The number of nitrogens with zero attached hydrogens (tertiary/aromatic N) is 2. The number of carboxylic acid groups (broad SMARTS) is 3. The number of hydrogen-bond acceptors (Lipinski definition) is 6. The third-order valence-corrected chi connectivity index (χ3v) is 6.89. The summed E-state index contributed by atoms with van der Waals surface area (Å²) in [6, 6.07) is 16.2. The van der Waals surface area contributed by atoms with E-state index >= 15 is 0 Å². The molecule has 0 aromatic heterocycles. The van der Waals surface area contributed by atoms with Gasteiger partial charge in [0.1, 0.15) is 5.60 Å². The molecular weight excluding hydrogens is 540 g/mol. The smallest absolute Gasteiger partial charge is 0.336 e. The number of carbonyl (C=O) groups is 4. The first-order chi connectivity index (χ1) is 19.9. The highest BCUT2D eigenvalue weighted by Gasteiger charge is 2.33. The molecule has 3 N–H and O–H groups in total. The van der Waals surface area contributed by atoms with Gasteiger partial charge in [0.05, 0.1) is 34.5 Å². The van der Waals surface area contributed by atoms with Crippen LogP contribution in [0.25, 0.3) is 0 Å². The van der Waals surface area contributed by atoms with Gasteiger partial charge in [0.25, 0.3) is 5.91 Å². The molecule has 0 heterocycles. The fourth-order valence-electron chi connectivity index (χ4n) is 5.05. The lowest BCUT2D eigenvalue weighted by Gasteiger charge is -2.36. The Balaban J connectivity index is 1.82. The monoisotopic (exact) mass is 572 g/mol. The molecule has 0 spiro atoms. The molecule has 0 bridgehead atoms. The third-order valence-electron chi connectivity index (χ3n) is 6.89. The van der Waals surface area contributed by atoms with Crippen LogP contribution in [0.15, 0.2) is 65.8 Å². The summed E-state index contributed by atoms with van der Waals surface area (Å²) in [6.45, 7) is 5.69. The lowest BCUT2D eigenvalue weighted by molar-refractivity contribution is 0.00197. The number of carboxylic acids is 3. The minimum Gasteiger partial charge on any atom is -0.478 e. The van der Waals surface area contributed by atoms with Gasteiger partial charge in [0.2, 0.25) is 0 Å². The predicted molar refractivity (Wildman–Crippen MR) is 154 cm³/mol. The number of carbonyl (C=O) groups excluding carboxylic acids is 1. The van der Waals surface area contributed by atoms with Crippen molar-refractivity contribution in [3.63, 3.8) is 0 Å². The van der Waals surface area contributed by atoms with Crippen LogP contribution in [0.2, 0.25) is 0 Å². The largest absolute Gasteiger partial charge is 0.478 e. The molecule has 1 aliphatic carbocycles. The Labute approximate surface area is 242 Å². The molecular formula is C32H32N2O8. The minimum absolute atomic E-state index is 0.0712. The molecule has 3 aromatic rings. The van der Waals surface area contributed by atoms with Gasteiger partial charge in [-0.3, -0.25) is 4.79 Å². The molecule has 0 aliphatic heterocycles. The molecule has 1 amide bonds. The first-order valence-corrected chi connectivity index (χ1v) is 13.4. The Morgan fingerprint density at radius 2 is 1.50 bits per heavy atom. The van der Waals surface area contributed by atoms with Gasteiger partial charge in [0.15, 0.2) is 0 Å². The molecule has 218 valence electrons. The van der Waals surface area contributed by atoms with Crippen molar-refractivity contribution in [2.45, 2.75) is 58.2 Å². The van der Waals surface area contributed by atoms with Crippen LogP contribution in [0.1, 0.15) is 103 Å². The molecule has 10 nitrogen and oxygen atoms in total. The number of benzene rings is 3. The zero-order chi connectivity index (χ0) is 30.6. The fraction of sp³-hybridized carbons (Fsp3) is 0.281. The standard InChI is InChI=1S/C32H32N2O8/c1-32(2,3)42-33-17-19-8-6-9-20(14-19)18-34(27-13-7-11-21-10-4-5-12-22(21)27)28(35)23-15-25(30(38)39)26(31(40)41)16-24(23)29(36)37/h4-6,8-10,12,14-17,27H,7,11,13,18H2,1-3H3,(H,36,37)(H,38,39)(H,40,41)/b33-17+/t27-/m0/s1. The van der Waals surface area contributed by atoms with Crippen LogP contribution >= 0.6 is 0 Å². The summed E-state index contributed by atoms with van der Waals surface area (Å²) < 4.78 is 0. The Morgan fingerprint density at radius 3 is 2.14 bits per heavy atom. The van der Waals surface area contributed by atoms with Crippen LogP contribution in [0.4, 0.5) is 0 Å². The van der Waals surface area contributed by atoms with Gasteiger partial charge in [-0.15, -0.1) is 0 Å². The second kappa shape index (κ2) is 12.3. The van der Waals surface area contributed by atoms with Crippen molar-refractivity contribution >= 4 is 30.0 Å². The maximum absolute atomic E-state index is 14.3. The first-order valence-electron chi connectivity index (χ1n) is 13.4. The maximum Gasteiger partial charge on any atom is 0.336 e. The third kappa shape index (κ3) is 6.83. The van der Waals surface area contributed by atoms with Crippen LogP contribution in [-0.2, 0) is 17.8 Å². The van der Waals surface area contributed by atoms with Gasteiger partial charge in [-0.25, -0.2) is 14.4 Å². The van der Waals surface area contributed by atoms with Crippen molar-refractivity contribution in [2.75, 3.05) is 0 Å². The highest BCUT2D eigenvalue weighted by molar-refractivity contribution is 6.10. The number of fused-ring (bicyclic) bond motifs is 1. The van der Waals surface area contributed by atoms with Crippen molar-refractivity contribution in [1.82, 2.24) is 4.90 Å². The lowest BCUT2D eigenvalue weighted by atomic mass is 9.86. The van der Waals surface area contributed by atoms with E-state index in [0.717, 1.165) is 47.2 Å². The van der Waals surface area contributed by atoms with E-state index in [4.69, 9.17) is 4.84 Å². The van der Waals surface area contributed by atoms with E-state index in [2.05, 4.69) is 5.16 Å². The summed E-state index contributed by atoms with van der Waals surface area (Å²) >= 11 is 0. The molecule has 1 aliphatic rings. The number of hydrogen-bond donors (Lipinski definition) is 3. The Hall–Kier alpha value is -4.99. The van der Waals surface area contributed by atoms with Crippen molar-refractivity contribution in [2.24, 2.45) is 5.16 Å². The van der Waals surface area contributed by atoms with Crippen molar-refractivity contribution < 1.29 is 39.3 Å². The Bertz CT molecular complexity index is 1570. The molecule has 0 unspecified atom stereocenters. The second-order valence-electron chi connectivity index (χ2n) is 11.1. The molecule has 1 atom stereocenters.